The summed E-state index contributed by atoms with van der Waals surface area (Å²) in [7, 11) is 0. The Bertz CT molecular complexity index is 1520. The normalized spacial score (nSPS) is 14.8. The smallest absolute Gasteiger partial charge is 0.256 e. The summed E-state index contributed by atoms with van der Waals surface area (Å²) in [5.41, 5.74) is 14.0. The second kappa shape index (κ2) is 17.3. The fraction of sp³-hybridized carbons (Fsp3) is 0.436. The molecule has 0 aliphatic rings. The number of carbonyl (C=O) groups excluding carboxylic acids is 4. The summed E-state index contributed by atoms with van der Waals surface area (Å²) in [5.74, 6) is -2.88. The van der Waals surface area contributed by atoms with E-state index in [9.17, 15) is 24.3 Å². The van der Waals surface area contributed by atoms with Crippen LogP contribution in [0, 0.1) is 17.3 Å². The number of aliphatic hydroxyl groups is 1. The standard InChI is InChI=1S/C39H52N4O5/c1-25(2)21-32(41)35(45)30-19-13-14-20-33(30)43(36(46)26(3)42-38(48)39(4,5)6)37(47)29(22-27-15-9-7-10-16-27)24-34(44)31(40)23-28-17-11-8-12-18-28/h7-20,25-26,29,31-32,34,44H,21-24,40-41H2,1-6H3,(H,42,48)/t26?,29-,31+,32?,34+/m1/s1. The average Bonchev–Trinajstić information content (AvgIpc) is 3.04. The van der Waals surface area contributed by atoms with Crippen LogP contribution < -0.4 is 21.7 Å². The number of Topliss-reactive ketones (excluding diaryl/α,β-unsaturated/α-hetero) is 1. The molecule has 2 unspecified atom stereocenters. The number of nitrogens with zero attached hydrogens (tertiary/aromatic N) is 1. The topological polar surface area (TPSA) is 156 Å². The molecule has 9 nitrogen and oxygen atoms in total. The van der Waals surface area contributed by atoms with Gasteiger partial charge in [0.05, 0.1) is 17.8 Å². The Morgan fingerprint density at radius 1 is 0.750 bits per heavy atom. The van der Waals surface area contributed by atoms with E-state index in [0.29, 0.717) is 12.8 Å². The maximum Gasteiger partial charge on any atom is 0.256 e. The van der Waals surface area contributed by atoms with Gasteiger partial charge in [0.25, 0.3) is 5.91 Å². The Morgan fingerprint density at radius 2 is 1.27 bits per heavy atom. The Kier molecular flexibility index (Phi) is 13.8. The number of amides is 3. The van der Waals surface area contributed by atoms with Crippen molar-refractivity contribution in [1.82, 2.24) is 5.32 Å². The Hall–Kier alpha value is -4.18. The third-order valence-electron chi connectivity index (χ3n) is 8.32. The van der Waals surface area contributed by atoms with E-state index >= 15 is 0 Å². The maximum absolute atomic E-state index is 14.8. The molecule has 0 bridgehead atoms. The van der Waals surface area contributed by atoms with E-state index in [4.69, 9.17) is 11.5 Å². The number of rotatable bonds is 15. The molecule has 3 rings (SSSR count). The fourth-order valence-corrected chi connectivity index (χ4v) is 5.55. The van der Waals surface area contributed by atoms with E-state index in [1.54, 1.807) is 45.0 Å². The molecule has 0 saturated carbocycles. The van der Waals surface area contributed by atoms with Crippen molar-refractivity contribution in [2.45, 2.75) is 91.5 Å². The van der Waals surface area contributed by atoms with Crippen molar-refractivity contribution >= 4 is 29.2 Å². The van der Waals surface area contributed by atoms with Crippen LogP contribution in [-0.4, -0.2) is 52.8 Å². The van der Waals surface area contributed by atoms with Gasteiger partial charge >= 0.3 is 0 Å². The molecule has 0 heterocycles. The average molecular weight is 657 g/mol. The number of hydrogen-bond donors (Lipinski definition) is 4. The van der Waals surface area contributed by atoms with Crippen molar-refractivity contribution in [3.05, 3.63) is 102 Å². The fourth-order valence-electron chi connectivity index (χ4n) is 5.55. The zero-order chi connectivity index (χ0) is 35.6. The molecule has 258 valence electrons. The summed E-state index contributed by atoms with van der Waals surface area (Å²) in [6.45, 7) is 10.6. The lowest BCUT2D eigenvalue weighted by molar-refractivity contribution is -0.135. The second-order valence-corrected chi connectivity index (χ2v) is 14.1. The van der Waals surface area contributed by atoms with Gasteiger partial charge in [0.2, 0.25) is 11.8 Å². The molecule has 0 spiro atoms. The first-order valence-corrected chi connectivity index (χ1v) is 16.7. The molecule has 0 saturated heterocycles. The Balaban J connectivity index is 2.09. The number of aliphatic hydroxyl groups excluding tert-OH is 1. The minimum absolute atomic E-state index is 0.0444. The van der Waals surface area contributed by atoms with Crippen LogP contribution in [0.2, 0.25) is 0 Å². The maximum atomic E-state index is 14.8. The van der Waals surface area contributed by atoms with E-state index in [0.717, 1.165) is 16.0 Å². The van der Waals surface area contributed by atoms with Crippen LogP contribution in [0.5, 0.6) is 0 Å². The van der Waals surface area contributed by atoms with Crippen LogP contribution >= 0.6 is 0 Å². The number of nitrogens with one attached hydrogen (secondary N) is 1. The van der Waals surface area contributed by atoms with Gasteiger partial charge in [-0.25, -0.2) is 4.90 Å². The number of imide groups is 1. The van der Waals surface area contributed by atoms with Gasteiger partial charge in [0.1, 0.15) is 6.04 Å². The van der Waals surface area contributed by atoms with Gasteiger partial charge in [0, 0.05) is 22.9 Å². The van der Waals surface area contributed by atoms with Gasteiger partial charge in [-0.1, -0.05) is 107 Å². The highest BCUT2D eigenvalue weighted by molar-refractivity contribution is 6.21. The van der Waals surface area contributed by atoms with E-state index in [2.05, 4.69) is 5.32 Å². The molecule has 3 amide bonds. The van der Waals surface area contributed by atoms with Gasteiger partial charge in [-0.15, -0.1) is 0 Å². The number of hydrogen-bond acceptors (Lipinski definition) is 7. The van der Waals surface area contributed by atoms with Crippen LogP contribution in [0.3, 0.4) is 0 Å². The molecular weight excluding hydrogens is 604 g/mol. The van der Waals surface area contributed by atoms with Crippen molar-refractivity contribution in [3.63, 3.8) is 0 Å². The van der Waals surface area contributed by atoms with Crippen molar-refractivity contribution in [1.29, 1.82) is 0 Å². The number of anilines is 1. The van der Waals surface area contributed by atoms with Gasteiger partial charge in [-0.2, -0.15) is 0 Å². The molecule has 0 aromatic heterocycles. The highest BCUT2D eigenvalue weighted by atomic mass is 16.3. The molecule has 0 aliphatic carbocycles. The largest absolute Gasteiger partial charge is 0.391 e. The number of para-hydroxylation sites is 1. The Morgan fingerprint density at radius 3 is 1.81 bits per heavy atom. The third kappa shape index (κ3) is 10.7. The van der Waals surface area contributed by atoms with Gasteiger partial charge in [-0.3, -0.25) is 19.2 Å². The van der Waals surface area contributed by atoms with E-state index in [1.807, 2.05) is 74.5 Å². The summed E-state index contributed by atoms with van der Waals surface area (Å²) >= 11 is 0. The predicted octanol–water partition coefficient (Wildman–Crippen LogP) is 4.83. The molecule has 3 aromatic carbocycles. The van der Waals surface area contributed by atoms with Crippen LogP contribution in [0.15, 0.2) is 84.9 Å². The molecular formula is C39H52N4O5. The first-order valence-electron chi connectivity index (χ1n) is 16.7. The quantitative estimate of drug-likeness (QED) is 0.171. The Labute approximate surface area is 285 Å². The summed E-state index contributed by atoms with van der Waals surface area (Å²) in [5, 5.41) is 14.1. The summed E-state index contributed by atoms with van der Waals surface area (Å²) in [4.78, 5) is 56.8. The number of ketones is 1. The van der Waals surface area contributed by atoms with E-state index < -0.39 is 53.2 Å². The lowest BCUT2D eigenvalue weighted by atomic mass is 9.88. The minimum Gasteiger partial charge on any atom is -0.391 e. The van der Waals surface area contributed by atoms with Crippen LogP contribution in [0.25, 0.3) is 0 Å². The SMILES string of the molecule is CC(C)CC(N)C(=O)c1ccccc1N(C(=O)C(C)NC(=O)C(C)(C)C)C(=O)[C@H](Cc1ccccc1)C[C@H](O)[C@@H](N)Cc1ccccc1. The molecule has 9 heteroatoms. The van der Waals surface area contributed by atoms with Crippen molar-refractivity contribution in [3.8, 4) is 0 Å². The lowest BCUT2D eigenvalue weighted by Crippen LogP contribution is -2.54. The molecule has 0 fully saturated rings. The van der Waals surface area contributed by atoms with Crippen LogP contribution in [0.4, 0.5) is 5.69 Å². The highest BCUT2D eigenvalue weighted by Gasteiger charge is 2.38. The first-order chi connectivity index (χ1) is 22.6. The zero-order valence-electron chi connectivity index (χ0n) is 29.1. The number of benzene rings is 3. The van der Waals surface area contributed by atoms with Gasteiger partial charge < -0.3 is 21.9 Å². The van der Waals surface area contributed by atoms with Crippen molar-refractivity contribution in [2.75, 3.05) is 4.90 Å². The van der Waals surface area contributed by atoms with Crippen LogP contribution in [0.1, 0.15) is 75.9 Å². The third-order valence-corrected chi connectivity index (χ3v) is 8.32. The second-order valence-electron chi connectivity index (χ2n) is 14.1. The van der Waals surface area contributed by atoms with Crippen molar-refractivity contribution < 1.29 is 24.3 Å². The van der Waals surface area contributed by atoms with Crippen LogP contribution in [-0.2, 0) is 27.2 Å². The van der Waals surface area contributed by atoms with Crippen molar-refractivity contribution in [2.24, 2.45) is 28.7 Å². The summed E-state index contributed by atoms with van der Waals surface area (Å²) < 4.78 is 0. The van der Waals surface area contributed by atoms with Gasteiger partial charge in [0.15, 0.2) is 5.78 Å². The minimum atomic E-state index is -1.11. The molecule has 0 radical (unpaired) electrons. The van der Waals surface area contributed by atoms with E-state index in [1.165, 1.54) is 6.92 Å². The molecule has 6 N–H and O–H groups in total. The zero-order valence-corrected chi connectivity index (χ0v) is 29.1. The molecule has 5 atom stereocenters. The number of carbonyl (C=O) groups is 4. The molecule has 0 aliphatic heterocycles. The van der Waals surface area contributed by atoms with Gasteiger partial charge in [-0.05, 0) is 61.8 Å². The predicted molar refractivity (Wildman–Crippen MR) is 190 cm³/mol. The molecule has 48 heavy (non-hydrogen) atoms. The number of nitrogens with two attached hydrogens (primary N) is 2. The first kappa shape index (κ1) is 38.3. The highest BCUT2D eigenvalue weighted by Crippen LogP contribution is 2.29. The molecule has 3 aromatic rings. The summed E-state index contributed by atoms with van der Waals surface area (Å²) in [6, 6.07) is 22.6. The summed E-state index contributed by atoms with van der Waals surface area (Å²) in [6.07, 6.45) is -0.136. The van der Waals surface area contributed by atoms with E-state index in [-0.39, 0.29) is 35.9 Å². The lowest BCUT2D eigenvalue weighted by Gasteiger charge is -2.32. The monoisotopic (exact) mass is 656 g/mol.